The van der Waals surface area contributed by atoms with Gasteiger partial charge in [-0.2, -0.15) is 0 Å². The number of carbonyl (C=O) groups is 1. The zero-order valence-corrected chi connectivity index (χ0v) is 13.6. The van der Waals surface area contributed by atoms with Crippen LogP contribution in [0.2, 0.25) is 0 Å². The van der Waals surface area contributed by atoms with E-state index in [1.54, 1.807) is 0 Å². The number of aliphatic hydroxyl groups excluding tert-OH is 1. The highest BCUT2D eigenvalue weighted by Crippen LogP contribution is 2.11. The summed E-state index contributed by atoms with van der Waals surface area (Å²) in [5.74, 6) is -0.206. The molecule has 1 aliphatic rings. The number of hydrogen-bond acceptors (Lipinski definition) is 4. The number of β-amino-alcohol motifs (C(OH)–C–C–N with tert-alkyl or cyclic N) is 1. The van der Waals surface area contributed by atoms with Gasteiger partial charge in [0.15, 0.2) is 0 Å². The Labute approximate surface area is 129 Å². The Morgan fingerprint density at radius 3 is 2.14 bits per heavy atom. The van der Waals surface area contributed by atoms with E-state index in [1.807, 2.05) is 0 Å². The van der Waals surface area contributed by atoms with E-state index < -0.39 is 6.10 Å². The zero-order valence-electron chi connectivity index (χ0n) is 13.6. The van der Waals surface area contributed by atoms with Crippen LogP contribution in [0.1, 0.15) is 77.6 Å². The number of carbonyl (C=O) groups excluding carboxylic acids is 1. The van der Waals surface area contributed by atoms with E-state index in [9.17, 15) is 9.90 Å². The van der Waals surface area contributed by atoms with Gasteiger partial charge in [0, 0.05) is 13.0 Å². The Morgan fingerprint density at radius 2 is 1.62 bits per heavy atom. The van der Waals surface area contributed by atoms with E-state index in [2.05, 4.69) is 12.2 Å². The van der Waals surface area contributed by atoms with Crippen LogP contribution in [0.5, 0.6) is 0 Å². The van der Waals surface area contributed by atoms with E-state index in [-0.39, 0.29) is 12.0 Å². The minimum atomic E-state index is -0.403. The third-order valence-electron chi connectivity index (χ3n) is 4.13. The third-order valence-corrected chi connectivity index (χ3v) is 4.13. The van der Waals surface area contributed by atoms with Gasteiger partial charge < -0.3 is 15.2 Å². The zero-order chi connectivity index (χ0) is 15.3. The summed E-state index contributed by atoms with van der Waals surface area (Å²) in [6, 6.07) is -0.303. The summed E-state index contributed by atoms with van der Waals surface area (Å²) in [4.78, 5) is 11.7. The number of ether oxygens (including phenoxy) is 1. The predicted molar refractivity (Wildman–Crippen MR) is 85.2 cm³/mol. The van der Waals surface area contributed by atoms with Gasteiger partial charge >= 0.3 is 5.97 Å². The summed E-state index contributed by atoms with van der Waals surface area (Å²) in [6.07, 6.45) is 12.9. The highest BCUT2D eigenvalue weighted by molar-refractivity contribution is 5.76. The van der Waals surface area contributed by atoms with E-state index in [4.69, 9.17) is 4.74 Å². The Morgan fingerprint density at radius 1 is 1.05 bits per heavy atom. The number of esters is 1. The first-order valence-corrected chi connectivity index (χ1v) is 8.82. The first-order chi connectivity index (χ1) is 10.2. The molecule has 1 fully saturated rings. The van der Waals surface area contributed by atoms with Crippen molar-refractivity contribution in [2.75, 3.05) is 13.2 Å². The first kappa shape index (κ1) is 18.4. The van der Waals surface area contributed by atoms with Gasteiger partial charge in [-0.1, -0.05) is 64.7 Å². The molecule has 1 saturated heterocycles. The van der Waals surface area contributed by atoms with Crippen molar-refractivity contribution in [3.63, 3.8) is 0 Å². The maximum Gasteiger partial charge on any atom is 0.323 e. The molecule has 4 nitrogen and oxygen atoms in total. The standard InChI is InChI=1S/C17H33NO3/c1-2-3-4-5-6-7-8-9-10-11-12-21-17(20)16-13-15(19)14-18-16/h15-16,18-19H,2-14H2,1H3/t15?,16-/m0/s1. The number of hydrogen-bond donors (Lipinski definition) is 2. The molecule has 0 aromatic rings. The average molecular weight is 299 g/mol. The quantitative estimate of drug-likeness (QED) is 0.429. The van der Waals surface area contributed by atoms with E-state index in [0.717, 1.165) is 12.8 Å². The highest BCUT2D eigenvalue weighted by atomic mass is 16.5. The van der Waals surface area contributed by atoms with Crippen LogP contribution in [-0.2, 0) is 9.53 Å². The minimum absolute atomic E-state index is 0.206. The molecule has 0 bridgehead atoms. The van der Waals surface area contributed by atoms with Crippen LogP contribution in [0.4, 0.5) is 0 Å². The van der Waals surface area contributed by atoms with Crippen molar-refractivity contribution in [2.45, 2.75) is 89.7 Å². The fourth-order valence-corrected chi connectivity index (χ4v) is 2.76. The monoisotopic (exact) mass is 299 g/mol. The molecule has 124 valence electrons. The molecule has 0 radical (unpaired) electrons. The molecule has 0 aliphatic carbocycles. The third kappa shape index (κ3) is 9.10. The molecule has 2 atom stereocenters. The summed E-state index contributed by atoms with van der Waals surface area (Å²) >= 11 is 0. The fourth-order valence-electron chi connectivity index (χ4n) is 2.76. The van der Waals surface area contributed by atoms with E-state index in [1.165, 1.54) is 51.4 Å². The Kier molecular flexibility index (Phi) is 10.5. The van der Waals surface area contributed by atoms with Crippen LogP contribution < -0.4 is 5.32 Å². The van der Waals surface area contributed by atoms with E-state index in [0.29, 0.717) is 19.6 Å². The largest absolute Gasteiger partial charge is 0.465 e. The summed E-state index contributed by atoms with van der Waals surface area (Å²) in [5.41, 5.74) is 0. The molecule has 1 aliphatic heterocycles. The van der Waals surface area contributed by atoms with Gasteiger partial charge in [0.1, 0.15) is 6.04 Å². The average Bonchev–Trinajstić information content (AvgIpc) is 2.91. The summed E-state index contributed by atoms with van der Waals surface area (Å²) in [6.45, 7) is 3.26. The molecule has 0 saturated carbocycles. The van der Waals surface area contributed by atoms with Gasteiger partial charge in [-0.3, -0.25) is 4.79 Å². The van der Waals surface area contributed by atoms with Gasteiger partial charge in [0.25, 0.3) is 0 Å². The maximum atomic E-state index is 11.7. The molecule has 1 unspecified atom stereocenters. The molecule has 0 aromatic carbocycles. The van der Waals surface area contributed by atoms with Crippen molar-refractivity contribution in [1.29, 1.82) is 0 Å². The minimum Gasteiger partial charge on any atom is -0.465 e. The number of rotatable bonds is 12. The molecule has 1 heterocycles. The maximum absolute atomic E-state index is 11.7. The van der Waals surface area contributed by atoms with Crippen molar-refractivity contribution in [3.8, 4) is 0 Å². The Bertz CT molecular complexity index is 271. The summed E-state index contributed by atoms with van der Waals surface area (Å²) in [7, 11) is 0. The topological polar surface area (TPSA) is 58.6 Å². The van der Waals surface area contributed by atoms with Crippen molar-refractivity contribution in [3.05, 3.63) is 0 Å². The predicted octanol–water partition coefficient (Wildman–Crippen LogP) is 3.17. The van der Waals surface area contributed by atoms with Crippen molar-refractivity contribution >= 4 is 5.97 Å². The smallest absolute Gasteiger partial charge is 0.323 e. The summed E-state index contributed by atoms with van der Waals surface area (Å²) < 4.78 is 5.23. The second-order valence-corrected chi connectivity index (χ2v) is 6.20. The van der Waals surface area contributed by atoms with Crippen LogP contribution in [0.3, 0.4) is 0 Å². The van der Waals surface area contributed by atoms with E-state index >= 15 is 0 Å². The van der Waals surface area contributed by atoms with Gasteiger partial charge in [0.05, 0.1) is 12.7 Å². The van der Waals surface area contributed by atoms with Crippen LogP contribution in [0.15, 0.2) is 0 Å². The molecular formula is C17H33NO3. The lowest BCUT2D eigenvalue weighted by molar-refractivity contribution is -0.146. The number of aliphatic hydroxyl groups is 1. The second-order valence-electron chi connectivity index (χ2n) is 6.20. The van der Waals surface area contributed by atoms with Crippen LogP contribution >= 0.6 is 0 Å². The molecule has 0 aromatic heterocycles. The first-order valence-electron chi connectivity index (χ1n) is 8.82. The van der Waals surface area contributed by atoms with Crippen LogP contribution in [-0.4, -0.2) is 36.4 Å². The number of nitrogens with one attached hydrogen (secondary N) is 1. The second kappa shape index (κ2) is 12.0. The van der Waals surface area contributed by atoms with Gasteiger partial charge in [-0.05, 0) is 6.42 Å². The van der Waals surface area contributed by atoms with Gasteiger partial charge in [-0.25, -0.2) is 0 Å². The van der Waals surface area contributed by atoms with Crippen LogP contribution in [0.25, 0.3) is 0 Å². The van der Waals surface area contributed by atoms with Gasteiger partial charge in [-0.15, -0.1) is 0 Å². The highest BCUT2D eigenvalue weighted by Gasteiger charge is 2.28. The normalized spacial score (nSPS) is 21.6. The molecular weight excluding hydrogens is 266 g/mol. The number of unbranched alkanes of at least 4 members (excludes halogenated alkanes) is 9. The molecule has 0 spiro atoms. The lowest BCUT2D eigenvalue weighted by Gasteiger charge is -2.10. The molecule has 2 N–H and O–H groups in total. The molecule has 4 heteroatoms. The SMILES string of the molecule is CCCCCCCCCCCCOC(=O)[C@@H]1CC(O)CN1. The molecule has 0 amide bonds. The molecule has 1 rings (SSSR count). The Balaban J connectivity index is 1.81. The van der Waals surface area contributed by atoms with Crippen molar-refractivity contribution < 1.29 is 14.6 Å². The fraction of sp³-hybridized carbons (Fsp3) is 0.941. The Hall–Kier alpha value is -0.610. The summed E-state index contributed by atoms with van der Waals surface area (Å²) in [5, 5.41) is 12.3. The lowest BCUT2D eigenvalue weighted by atomic mass is 10.1. The van der Waals surface area contributed by atoms with Gasteiger partial charge in [0.2, 0.25) is 0 Å². The lowest BCUT2D eigenvalue weighted by Crippen LogP contribution is -2.32. The van der Waals surface area contributed by atoms with Crippen LogP contribution in [0, 0.1) is 0 Å². The van der Waals surface area contributed by atoms with Crippen molar-refractivity contribution in [2.24, 2.45) is 0 Å². The molecule has 21 heavy (non-hydrogen) atoms. The van der Waals surface area contributed by atoms with Crippen molar-refractivity contribution in [1.82, 2.24) is 5.32 Å².